The summed E-state index contributed by atoms with van der Waals surface area (Å²) in [5, 5.41) is 5.92. The molecule has 0 radical (unpaired) electrons. The molecule has 6 rings (SSSR count). The number of nitrogens with one attached hydrogen (secondary N) is 2. The summed E-state index contributed by atoms with van der Waals surface area (Å²) in [7, 11) is 0. The molecule has 4 aromatic rings. The molecular formula is C28H20N2O6Se2. The molecule has 0 spiro atoms. The summed E-state index contributed by atoms with van der Waals surface area (Å²) in [5.41, 5.74) is 2.51. The van der Waals surface area contributed by atoms with E-state index < -0.39 is 0 Å². The Bertz CT molecular complexity index is 1430. The second-order valence-corrected chi connectivity index (χ2v) is 14.4. The molecule has 0 bridgehead atoms. The van der Waals surface area contributed by atoms with E-state index in [4.69, 9.17) is 18.9 Å². The van der Waals surface area contributed by atoms with Gasteiger partial charge in [0, 0.05) is 0 Å². The Kier molecular flexibility index (Phi) is 6.94. The molecule has 190 valence electrons. The van der Waals surface area contributed by atoms with Crippen LogP contribution < -0.4 is 38.5 Å². The van der Waals surface area contributed by atoms with Crippen molar-refractivity contribution in [3.8, 4) is 23.0 Å². The van der Waals surface area contributed by atoms with Gasteiger partial charge in [0.05, 0.1) is 0 Å². The predicted molar refractivity (Wildman–Crippen MR) is 145 cm³/mol. The molecule has 38 heavy (non-hydrogen) atoms. The first-order valence-corrected chi connectivity index (χ1v) is 17.6. The summed E-state index contributed by atoms with van der Waals surface area (Å²) in [6.45, 7) is 0.354. The molecule has 2 aliphatic rings. The van der Waals surface area contributed by atoms with Gasteiger partial charge in [0.15, 0.2) is 0 Å². The fourth-order valence-corrected chi connectivity index (χ4v) is 11.0. The first-order chi connectivity index (χ1) is 18.6. The van der Waals surface area contributed by atoms with Gasteiger partial charge in [-0.15, -0.1) is 0 Å². The van der Waals surface area contributed by atoms with Crippen molar-refractivity contribution in [2.75, 3.05) is 24.2 Å². The van der Waals surface area contributed by atoms with Gasteiger partial charge in [-0.1, -0.05) is 0 Å². The van der Waals surface area contributed by atoms with Crippen LogP contribution in [0.15, 0.2) is 84.9 Å². The number of fused-ring (bicyclic) bond motifs is 2. The van der Waals surface area contributed by atoms with Crippen LogP contribution in [0.25, 0.3) is 0 Å². The van der Waals surface area contributed by atoms with Crippen molar-refractivity contribution in [1.82, 2.24) is 0 Å². The molecule has 0 aliphatic carbocycles. The monoisotopic (exact) mass is 640 g/mol. The zero-order valence-corrected chi connectivity index (χ0v) is 23.2. The van der Waals surface area contributed by atoms with E-state index in [1.54, 1.807) is 36.4 Å². The van der Waals surface area contributed by atoms with Gasteiger partial charge in [0.2, 0.25) is 0 Å². The number of hydrogen-bond donors (Lipinski definition) is 2. The molecule has 10 heteroatoms. The summed E-state index contributed by atoms with van der Waals surface area (Å²) in [4.78, 5) is 26.3. The summed E-state index contributed by atoms with van der Waals surface area (Å²) in [5.74, 6) is 2.17. The van der Waals surface area contributed by atoms with Crippen LogP contribution in [0.5, 0.6) is 23.0 Å². The van der Waals surface area contributed by atoms with E-state index >= 15 is 0 Å². The average molecular weight is 638 g/mol. The van der Waals surface area contributed by atoms with E-state index in [0.29, 0.717) is 45.5 Å². The van der Waals surface area contributed by atoms with Crippen molar-refractivity contribution in [3.63, 3.8) is 0 Å². The van der Waals surface area contributed by atoms with E-state index in [-0.39, 0.29) is 51.7 Å². The second-order valence-electron chi connectivity index (χ2n) is 8.20. The van der Waals surface area contributed by atoms with Crippen LogP contribution in [0, 0.1) is 0 Å². The minimum atomic E-state index is -0.189. The number of benzene rings is 4. The fourth-order valence-electron chi connectivity index (χ4n) is 3.89. The van der Waals surface area contributed by atoms with Gasteiger partial charge in [-0.3, -0.25) is 0 Å². The molecular weight excluding hydrogens is 618 g/mol. The Hall–Kier alpha value is -3.94. The van der Waals surface area contributed by atoms with Gasteiger partial charge in [0.1, 0.15) is 0 Å². The standard InChI is InChI=1S/C28H20N2O6Se2/c31-27(29-17-9-11-21-23(13-17)35-15-33-21)19-5-1-3-7-25(19)37-38-26-8-4-2-6-20(26)28(32)30-18-10-12-22-24(14-18)36-16-34-22/h1-14H,15-16H2,(H,29,31)(H,30,32). The van der Waals surface area contributed by atoms with Crippen LogP contribution in [-0.2, 0) is 0 Å². The first kappa shape index (κ1) is 24.4. The molecule has 0 atom stereocenters. The third-order valence-corrected chi connectivity index (χ3v) is 13.0. The van der Waals surface area contributed by atoms with E-state index in [9.17, 15) is 9.59 Å². The van der Waals surface area contributed by atoms with Gasteiger partial charge in [-0.05, 0) is 0 Å². The molecule has 0 unspecified atom stereocenters. The molecule has 8 nitrogen and oxygen atoms in total. The third-order valence-electron chi connectivity index (χ3n) is 5.75. The molecule has 2 N–H and O–H groups in total. The Morgan fingerprint density at radius 1 is 0.553 bits per heavy atom. The van der Waals surface area contributed by atoms with Crippen molar-refractivity contribution in [2.45, 2.75) is 0 Å². The van der Waals surface area contributed by atoms with Crippen molar-refractivity contribution in [2.24, 2.45) is 0 Å². The van der Waals surface area contributed by atoms with Gasteiger partial charge in [-0.25, -0.2) is 0 Å². The zero-order valence-electron chi connectivity index (χ0n) is 19.8. The van der Waals surface area contributed by atoms with Crippen LogP contribution in [0.4, 0.5) is 11.4 Å². The molecule has 0 saturated heterocycles. The predicted octanol–water partition coefficient (Wildman–Crippen LogP) is 2.92. The minimum absolute atomic E-state index is 0.0368. The van der Waals surface area contributed by atoms with Crippen LogP contribution in [0.1, 0.15) is 20.7 Å². The van der Waals surface area contributed by atoms with Gasteiger partial charge in [-0.2, -0.15) is 0 Å². The SMILES string of the molecule is O=C(Nc1ccc2c(c1)OCO2)c1ccccc1[Se][Se]c1ccccc1C(=O)Nc1ccc2c(c1)OCO2. The van der Waals surface area contributed by atoms with Crippen LogP contribution in [-0.4, -0.2) is 51.7 Å². The molecule has 0 fully saturated rings. The van der Waals surface area contributed by atoms with Gasteiger partial charge in [0.25, 0.3) is 0 Å². The second kappa shape index (κ2) is 10.8. The van der Waals surface area contributed by atoms with Crippen molar-refractivity contribution >= 4 is 58.4 Å². The van der Waals surface area contributed by atoms with Crippen LogP contribution >= 0.6 is 0 Å². The first-order valence-electron chi connectivity index (χ1n) is 11.6. The van der Waals surface area contributed by atoms with Gasteiger partial charge < -0.3 is 0 Å². The number of carbonyl (C=O) groups excluding carboxylic acids is 2. The van der Waals surface area contributed by atoms with E-state index in [1.807, 2.05) is 48.5 Å². The van der Waals surface area contributed by atoms with Crippen molar-refractivity contribution < 1.29 is 28.5 Å². The molecule has 2 heterocycles. The molecule has 0 saturated carbocycles. The summed E-state index contributed by atoms with van der Waals surface area (Å²) >= 11 is -0.0735. The summed E-state index contributed by atoms with van der Waals surface area (Å²) in [6, 6.07) is 25.8. The Labute approximate surface area is 229 Å². The number of ether oxygens (including phenoxy) is 4. The Morgan fingerprint density at radius 3 is 1.45 bits per heavy atom. The number of hydrogen-bond acceptors (Lipinski definition) is 6. The third kappa shape index (κ3) is 5.21. The van der Waals surface area contributed by atoms with Crippen LogP contribution in [0.3, 0.4) is 0 Å². The topological polar surface area (TPSA) is 95.1 Å². The van der Waals surface area contributed by atoms with Gasteiger partial charge >= 0.3 is 230 Å². The quantitative estimate of drug-likeness (QED) is 0.303. The Morgan fingerprint density at radius 2 is 0.974 bits per heavy atom. The normalized spacial score (nSPS) is 12.7. The average Bonchev–Trinajstić information content (AvgIpc) is 3.61. The fraction of sp³-hybridized carbons (Fsp3) is 0.0714. The number of amides is 2. The van der Waals surface area contributed by atoms with Crippen molar-refractivity contribution in [3.05, 3.63) is 96.1 Å². The number of rotatable bonds is 7. The summed E-state index contributed by atoms with van der Waals surface area (Å²) < 4.78 is 23.5. The van der Waals surface area contributed by atoms with Crippen LogP contribution in [0.2, 0.25) is 0 Å². The molecule has 0 aromatic heterocycles. The zero-order chi connectivity index (χ0) is 25.9. The molecule has 2 aliphatic heterocycles. The number of carbonyl (C=O) groups is 2. The Balaban J connectivity index is 1.15. The molecule has 2 amide bonds. The summed E-state index contributed by atoms with van der Waals surface area (Å²) in [6.07, 6.45) is 0. The van der Waals surface area contributed by atoms with E-state index in [2.05, 4.69) is 10.6 Å². The maximum absolute atomic E-state index is 13.2. The number of anilines is 2. The maximum atomic E-state index is 13.2. The van der Waals surface area contributed by atoms with E-state index in [0.717, 1.165) is 8.92 Å². The van der Waals surface area contributed by atoms with Crippen molar-refractivity contribution in [1.29, 1.82) is 0 Å². The molecule has 4 aromatic carbocycles. The van der Waals surface area contributed by atoms with E-state index in [1.165, 1.54) is 0 Å².